The Kier molecular flexibility index (Phi) is 4.88. The van der Waals surface area contributed by atoms with Crippen molar-refractivity contribution in [2.45, 2.75) is 26.3 Å². The highest BCUT2D eigenvalue weighted by Crippen LogP contribution is 2.29. The molecule has 0 aromatic carbocycles. The molecule has 0 bridgehead atoms. The number of halogens is 1. The van der Waals surface area contributed by atoms with E-state index in [2.05, 4.69) is 4.98 Å². The van der Waals surface area contributed by atoms with Crippen LogP contribution in [-0.4, -0.2) is 41.9 Å². The van der Waals surface area contributed by atoms with Gasteiger partial charge in [0.1, 0.15) is 0 Å². The molecule has 1 atom stereocenters. The number of carbonyl (C=O) groups excluding carboxylic acids is 1. The van der Waals surface area contributed by atoms with Gasteiger partial charge < -0.3 is 9.30 Å². The largest absolute Gasteiger partial charge is 0.482 e. The zero-order valence-electron chi connectivity index (χ0n) is 14.0. The highest BCUT2D eigenvalue weighted by atomic mass is 35.5. The van der Waals surface area contributed by atoms with Crippen LogP contribution in [0.3, 0.4) is 0 Å². The summed E-state index contributed by atoms with van der Waals surface area (Å²) in [4.78, 5) is 16.4. The third kappa shape index (κ3) is 3.72. The number of nitrogens with zero attached hydrogens (tertiary/aromatic N) is 2. The lowest BCUT2D eigenvalue weighted by Gasteiger charge is -2.16. The molecule has 0 unspecified atom stereocenters. The maximum atomic E-state index is 12.5. The third-order valence-electron chi connectivity index (χ3n) is 4.44. The Labute approximate surface area is 151 Å². The minimum Gasteiger partial charge on any atom is -0.482 e. The first-order valence-corrected chi connectivity index (χ1v) is 10.1. The number of carbonyl (C=O) groups is 1. The van der Waals surface area contributed by atoms with Gasteiger partial charge in [0.25, 0.3) is 0 Å². The normalized spacial score (nSPS) is 19.1. The highest BCUT2D eigenvalue weighted by molar-refractivity contribution is 7.91. The second-order valence-corrected chi connectivity index (χ2v) is 8.80. The average molecular weight is 383 g/mol. The number of pyridine rings is 1. The van der Waals surface area contributed by atoms with Crippen molar-refractivity contribution < 1.29 is 17.9 Å². The van der Waals surface area contributed by atoms with Gasteiger partial charge in [-0.1, -0.05) is 11.6 Å². The Balaban J connectivity index is 1.78. The van der Waals surface area contributed by atoms with Crippen LogP contribution in [0.4, 0.5) is 0 Å². The Hall–Kier alpha value is -1.86. The highest BCUT2D eigenvalue weighted by Gasteiger charge is 2.31. The van der Waals surface area contributed by atoms with Gasteiger partial charge in [0.15, 0.2) is 27.3 Å². The number of hydrogen-bond acceptors (Lipinski definition) is 5. The number of hydrogen-bond donors (Lipinski definition) is 0. The number of sulfone groups is 1. The fourth-order valence-electron chi connectivity index (χ4n) is 3.30. The van der Waals surface area contributed by atoms with Crippen molar-refractivity contribution in [3.63, 3.8) is 0 Å². The predicted molar refractivity (Wildman–Crippen MR) is 95.3 cm³/mol. The van der Waals surface area contributed by atoms with Crippen LogP contribution in [0, 0.1) is 13.8 Å². The summed E-state index contributed by atoms with van der Waals surface area (Å²) in [6, 6.07) is 5.00. The molecule has 1 saturated heterocycles. The van der Waals surface area contributed by atoms with Gasteiger partial charge in [-0.2, -0.15) is 0 Å². The van der Waals surface area contributed by atoms with Crippen molar-refractivity contribution in [2.75, 3.05) is 18.1 Å². The Morgan fingerprint density at radius 3 is 2.84 bits per heavy atom. The van der Waals surface area contributed by atoms with E-state index in [0.717, 1.165) is 11.4 Å². The van der Waals surface area contributed by atoms with Crippen molar-refractivity contribution in [1.82, 2.24) is 9.55 Å². The molecular weight excluding hydrogens is 364 g/mol. The lowest BCUT2D eigenvalue weighted by Crippen LogP contribution is -2.16. The number of Topliss-reactive ketones (excluding diaryl/α,β-unsaturated/α-hetero) is 1. The SMILES string of the molecule is Cc1cc(C(=O)COc2cccnc2Cl)c(C)n1[C@@H]1CCS(=O)(=O)C1. The topological polar surface area (TPSA) is 78.3 Å². The van der Waals surface area contributed by atoms with Gasteiger partial charge in [-0.05, 0) is 38.5 Å². The van der Waals surface area contributed by atoms with E-state index in [1.165, 1.54) is 0 Å². The molecule has 2 aromatic heterocycles. The molecule has 0 spiro atoms. The van der Waals surface area contributed by atoms with E-state index in [4.69, 9.17) is 16.3 Å². The van der Waals surface area contributed by atoms with Gasteiger partial charge in [-0.25, -0.2) is 13.4 Å². The Morgan fingerprint density at radius 2 is 2.20 bits per heavy atom. The van der Waals surface area contributed by atoms with Crippen LogP contribution in [0.2, 0.25) is 5.15 Å². The summed E-state index contributed by atoms with van der Waals surface area (Å²) in [7, 11) is -2.99. The molecule has 3 heterocycles. The number of ketones is 1. The van der Waals surface area contributed by atoms with Gasteiger partial charge in [-0.15, -0.1) is 0 Å². The van der Waals surface area contributed by atoms with Gasteiger partial charge in [0, 0.05) is 29.2 Å². The molecule has 134 valence electrons. The van der Waals surface area contributed by atoms with E-state index in [1.54, 1.807) is 24.4 Å². The maximum absolute atomic E-state index is 12.5. The van der Waals surface area contributed by atoms with Crippen molar-refractivity contribution >= 4 is 27.2 Å². The van der Waals surface area contributed by atoms with E-state index >= 15 is 0 Å². The Morgan fingerprint density at radius 1 is 1.44 bits per heavy atom. The second kappa shape index (κ2) is 6.80. The molecular formula is C17H19ClN2O4S. The molecule has 0 radical (unpaired) electrons. The van der Waals surface area contributed by atoms with E-state index in [9.17, 15) is 13.2 Å². The summed E-state index contributed by atoms with van der Waals surface area (Å²) in [5.41, 5.74) is 2.19. The first kappa shape index (κ1) is 17.9. The molecule has 0 saturated carbocycles. The fraction of sp³-hybridized carbons (Fsp3) is 0.412. The molecule has 2 aromatic rings. The van der Waals surface area contributed by atoms with Crippen LogP contribution < -0.4 is 4.74 Å². The maximum Gasteiger partial charge on any atom is 0.202 e. The summed E-state index contributed by atoms with van der Waals surface area (Å²) in [6.45, 7) is 3.56. The minimum atomic E-state index is -2.99. The van der Waals surface area contributed by atoms with Crippen molar-refractivity contribution in [2.24, 2.45) is 0 Å². The molecule has 1 fully saturated rings. The molecule has 1 aliphatic rings. The van der Waals surface area contributed by atoms with Crippen LogP contribution in [0.25, 0.3) is 0 Å². The van der Waals surface area contributed by atoms with Crippen LogP contribution in [0.1, 0.15) is 34.2 Å². The monoisotopic (exact) mass is 382 g/mol. The molecule has 8 heteroatoms. The average Bonchev–Trinajstić information content (AvgIpc) is 3.05. The molecule has 0 aliphatic carbocycles. The van der Waals surface area contributed by atoms with Crippen LogP contribution in [-0.2, 0) is 9.84 Å². The van der Waals surface area contributed by atoms with Gasteiger partial charge in [-0.3, -0.25) is 4.79 Å². The molecule has 0 amide bonds. The molecule has 3 rings (SSSR count). The third-order valence-corrected chi connectivity index (χ3v) is 6.48. The fourth-order valence-corrected chi connectivity index (χ4v) is 5.17. The summed E-state index contributed by atoms with van der Waals surface area (Å²) in [5, 5.41) is 0.205. The standard InChI is InChI=1S/C17H19ClN2O4S/c1-11-8-14(12(2)20(11)13-5-7-25(22,23)10-13)15(21)9-24-16-4-3-6-19-17(16)18/h3-4,6,8,13H,5,7,9-10H2,1-2H3/t13-/m1/s1. The number of rotatable bonds is 5. The molecule has 0 N–H and O–H groups in total. The van der Waals surface area contributed by atoms with Crippen molar-refractivity contribution in [3.05, 3.63) is 46.5 Å². The molecule has 6 nitrogen and oxygen atoms in total. The van der Waals surface area contributed by atoms with Crippen molar-refractivity contribution in [3.8, 4) is 5.75 Å². The summed E-state index contributed by atoms with van der Waals surface area (Å²) in [6.07, 6.45) is 2.12. The van der Waals surface area contributed by atoms with Crippen LogP contribution in [0.5, 0.6) is 5.75 Å². The first-order valence-electron chi connectivity index (χ1n) is 7.94. The number of aryl methyl sites for hydroxylation is 1. The van der Waals surface area contributed by atoms with Gasteiger partial charge >= 0.3 is 0 Å². The quantitative estimate of drug-likeness (QED) is 0.587. The smallest absolute Gasteiger partial charge is 0.202 e. The zero-order chi connectivity index (χ0) is 18.2. The first-order chi connectivity index (χ1) is 11.8. The molecule has 1 aliphatic heterocycles. The van der Waals surface area contributed by atoms with Crippen molar-refractivity contribution in [1.29, 1.82) is 0 Å². The van der Waals surface area contributed by atoms with Gasteiger partial charge in [0.2, 0.25) is 5.78 Å². The van der Waals surface area contributed by atoms with E-state index in [-0.39, 0.29) is 35.1 Å². The predicted octanol–water partition coefficient (Wildman–Crippen LogP) is 2.77. The number of ether oxygens (including phenoxy) is 1. The minimum absolute atomic E-state index is 0.111. The summed E-state index contributed by atoms with van der Waals surface area (Å²) in [5.74, 6) is 0.493. The van der Waals surface area contributed by atoms with E-state index in [0.29, 0.717) is 17.7 Å². The van der Waals surface area contributed by atoms with E-state index < -0.39 is 9.84 Å². The number of aromatic nitrogens is 2. The lowest BCUT2D eigenvalue weighted by molar-refractivity contribution is 0.0920. The summed E-state index contributed by atoms with van der Waals surface area (Å²) < 4.78 is 30.9. The lowest BCUT2D eigenvalue weighted by atomic mass is 10.1. The van der Waals surface area contributed by atoms with Crippen LogP contribution in [0.15, 0.2) is 24.4 Å². The van der Waals surface area contributed by atoms with Crippen LogP contribution >= 0.6 is 11.6 Å². The zero-order valence-corrected chi connectivity index (χ0v) is 15.6. The summed E-state index contributed by atoms with van der Waals surface area (Å²) >= 11 is 5.92. The van der Waals surface area contributed by atoms with Gasteiger partial charge in [0.05, 0.1) is 11.5 Å². The Bertz CT molecular complexity index is 921. The van der Waals surface area contributed by atoms with E-state index in [1.807, 2.05) is 18.4 Å². The second-order valence-electron chi connectivity index (χ2n) is 6.22. The molecule has 25 heavy (non-hydrogen) atoms.